The first-order valence-corrected chi connectivity index (χ1v) is 8.32. The van der Waals surface area contributed by atoms with Gasteiger partial charge in [0, 0.05) is 24.7 Å². The first kappa shape index (κ1) is 18.1. The molecule has 0 fully saturated rings. The minimum absolute atomic E-state index is 0.236. The minimum atomic E-state index is -0.344. The van der Waals surface area contributed by atoms with Crippen molar-refractivity contribution in [1.82, 2.24) is 10.3 Å². The number of carbonyl (C=O) groups excluding carboxylic acids is 1. The Morgan fingerprint density at radius 3 is 2.58 bits per heavy atom. The molecule has 6 nitrogen and oxygen atoms in total. The number of nitrogens with one attached hydrogen (secondary N) is 1. The Morgan fingerprint density at radius 1 is 1.15 bits per heavy atom. The summed E-state index contributed by atoms with van der Waals surface area (Å²) >= 11 is 12.4. The van der Waals surface area contributed by atoms with Crippen LogP contribution in [0.25, 0.3) is 10.9 Å². The van der Waals surface area contributed by atoms with E-state index >= 15 is 0 Å². The Hall–Kier alpha value is -2.70. The third kappa shape index (κ3) is 3.21. The number of ether oxygens (including phenoxy) is 2. The molecule has 0 aliphatic carbocycles. The summed E-state index contributed by atoms with van der Waals surface area (Å²) in [5, 5.41) is 3.91. The summed E-state index contributed by atoms with van der Waals surface area (Å²) in [7, 11) is 2.97. The Balaban J connectivity index is 2.28. The zero-order valence-electron chi connectivity index (χ0n) is 14.0. The van der Waals surface area contributed by atoms with Gasteiger partial charge < -0.3 is 20.5 Å². The summed E-state index contributed by atoms with van der Waals surface area (Å²) in [4.78, 5) is 16.6. The molecule has 0 unspecified atom stereocenters. The Kier molecular flexibility index (Phi) is 5.06. The number of nitrogens with zero attached hydrogens (tertiary/aromatic N) is 1. The third-order valence-electron chi connectivity index (χ3n) is 3.76. The minimum Gasteiger partial charge on any atom is -0.492 e. The number of halogens is 2. The number of fused-ring (bicyclic) bond motifs is 1. The van der Waals surface area contributed by atoms with Crippen molar-refractivity contribution in [2.45, 2.75) is 0 Å². The van der Waals surface area contributed by atoms with Crippen molar-refractivity contribution in [1.29, 1.82) is 0 Å². The summed E-state index contributed by atoms with van der Waals surface area (Å²) < 4.78 is 11.4. The van der Waals surface area contributed by atoms with E-state index in [1.165, 1.54) is 14.2 Å². The maximum Gasteiger partial charge on any atom is 0.254 e. The van der Waals surface area contributed by atoms with Crippen LogP contribution in [0.15, 0.2) is 36.5 Å². The number of pyridine rings is 1. The van der Waals surface area contributed by atoms with Crippen LogP contribution in [0.2, 0.25) is 10.0 Å². The molecule has 1 aromatic heterocycles. The number of amides is 1. The first-order chi connectivity index (χ1) is 12.5. The lowest BCUT2D eigenvalue weighted by atomic mass is 10.1. The number of hydrogen-bond acceptors (Lipinski definition) is 5. The van der Waals surface area contributed by atoms with Crippen LogP contribution in [-0.4, -0.2) is 25.0 Å². The van der Waals surface area contributed by atoms with Crippen LogP contribution in [0.4, 0.5) is 5.69 Å². The predicted octanol–water partition coefficient (Wildman–Crippen LogP) is 4.28. The average Bonchev–Trinajstić information content (AvgIpc) is 2.64. The van der Waals surface area contributed by atoms with Crippen molar-refractivity contribution in [3.8, 4) is 17.2 Å². The number of carbonyl (C=O) groups is 1. The van der Waals surface area contributed by atoms with Gasteiger partial charge in [0.2, 0.25) is 0 Å². The summed E-state index contributed by atoms with van der Waals surface area (Å²) in [6.45, 7) is 0. The number of nitrogen functional groups attached to an aromatic ring is 1. The highest BCUT2D eigenvalue weighted by Gasteiger charge is 2.22. The standard InChI is InChI=1S/C18H15Cl2N3O3/c1-22-18(24)11-8-10-12(19)5-6-23-15(10)17(16(11)25-2)26-9-3-4-14(21)13(20)7-9/h3-8H,21H2,1-2H3,(H,22,24). The molecule has 0 aliphatic rings. The van der Waals surface area contributed by atoms with Crippen LogP contribution < -0.4 is 20.5 Å². The summed E-state index contributed by atoms with van der Waals surface area (Å²) in [6, 6.07) is 8.09. The van der Waals surface area contributed by atoms with E-state index in [0.717, 1.165) is 0 Å². The molecule has 2 aromatic carbocycles. The highest BCUT2D eigenvalue weighted by atomic mass is 35.5. The molecule has 0 radical (unpaired) electrons. The van der Waals surface area contributed by atoms with Crippen molar-refractivity contribution < 1.29 is 14.3 Å². The lowest BCUT2D eigenvalue weighted by molar-refractivity contribution is 0.0959. The van der Waals surface area contributed by atoms with Gasteiger partial charge in [-0.3, -0.25) is 9.78 Å². The molecule has 0 bridgehead atoms. The van der Waals surface area contributed by atoms with Crippen LogP contribution in [-0.2, 0) is 0 Å². The lowest BCUT2D eigenvalue weighted by Gasteiger charge is -2.16. The molecule has 1 heterocycles. The Morgan fingerprint density at radius 2 is 1.92 bits per heavy atom. The zero-order valence-corrected chi connectivity index (χ0v) is 15.5. The molecule has 1 amide bonds. The van der Waals surface area contributed by atoms with Crippen molar-refractivity contribution in [3.05, 3.63) is 52.1 Å². The van der Waals surface area contributed by atoms with Gasteiger partial charge in [0.25, 0.3) is 5.91 Å². The van der Waals surface area contributed by atoms with Gasteiger partial charge >= 0.3 is 0 Å². The zero-order chi connectivity index (χ0) is 18.8. The van der Waals surface area contributed by atoms with Crippen LogP contribution in [0, 0.1) is 0 Å². The second kappa shape index (κ2) is 7.27. The fourth-order valence-corrected chi connectivity index (χ4v) is 2.87. The van der Waals surface area contributed by atoms with Gasteiger partial charge in [-0.05, 0) is 24.3 Å². The van der Waals surface area contributed by atoms with Gasteiger partial charge in [-0.2, -0.15) is 0 Å². The predicted molar refractivity (Wildman–Crippen MR) is 103 cm³/mol. The molecule has 0 spiro atoms. The molecule has 0 saturated heterocycles. The molecule has 134 valence electrons. The molecule has 3 rings (SSSR count). The quantitative estimate of drug-likeness (QED) is 0.647. The fourth-order valence-electron chi connectivity index (χ4n) is 2.50. The summed E-state index contributed by atoms with van der Waals surface area (Å²) in [6.07, 6.45) is 1.55. The SMILES string of the molecule is CNC(=O)c1cc2c(Cl)ccnc2c(Oc2ccc(N)c(Cl)c2)c1OC. The van der Waals surface area contributed by atoms with Crippen LogP contribution in [0.3, 0.4) is 0 Å². The number of methoxy groups -OCH3 is 1. The molecule has 3 N–H and O–H groups in total. The van der Waals surface area contributed by atoms with Crippen molar-refractivity contribution in [2.75, 3.05) is 19.9 Å². The summed E-state index contributed by atoms with van der Waals surface area (Å²) in [5.41, 5.74) is 6.89. The maximum atomic E-state index is 12.3. The highest BCUT2D eigenvalue weighted by Crippen LogP contribution is 2.43. The van der Waals surface area contributed by atoms with E-state index in [-0.39, 0.29) is 23.0 Å². The largest absolute Gasteiger partial charge is 0.492 e. The van der Waals surface area contributed by atoms with Crippen LogP contribution in [0.5, 0.6) is 17.2 Å². The molecule has 26 heavy (non-hydrogen) atoms. The van der Waals surface area contributed by atoms with E-state index in [2.05, 4.69) is 10.3 Å². The molecule has 8 heteroatoms. The number of nitrogens with two attached hydrogens (primary N) is 1. The number of aromatic nitrogens is 1. The number of anilines is 1. The normalized spacial score (nSPS) is 10.6. The number of rotatable bonds is 4. The molecule has 0 saturated carbocycles. The van der Waals surface area contributed by atoms with Gasteiger partial charge in [-0.25, -0.2) is 0 Å². The maximum absolute atomic E-state index is 12.3. The van der Waals surface area contributed by atoms with Crippen LogP contribution >= 0.6 is 23.2 Å². The molecular weight excluding hydrogens is 377 g/mol. The molecule has 3 aromatic rings. The number of benzene rings is 2. The van der Waals surface area contributed by atoms with Gasteiger partial charge in [-0.1, -0.05) is 23.2 Å². The van der Waals surface area contributed by atoms with E-state index in [1.807, 2.05) is 0 Å². The van der Waals surface area contributed by atoms with Crippen molar-refractivity contribution in [2.24, 2.45) is 0 Å². The third-order valence-corrected chi connectivity index (χ3v) is 4.42. The van der Waals surface area contributed by atoms with E-state index in [9.17, 15) is 4.79 Å². The van der Waals surface area contributed by atoms with E-state index in [1.54, 1.807) is 36.5 Å². The fraction of sp³-hybridized carbons (Fsp3) is 0.111. The second-order valence-corrected chi connectivity index (χ2v) is 6.15. The first-order valence-electron chi connectivity index (χ1n) is 7.56. The monoisotopic (exact) mass is 391 g/mol. The average molecular weight is 392 g/mol. The Bertz CT molecular complexity index is 1010. The van der Waals surface area contributed by atoms with Crippen molar-refractivity contribution in [3.63, 3.8) is 0 Å². The highest BCUT2D eigenvalue weighted by molar-refractivity contribution is 6.35. The van der Waals surface area contributed by atoms with Gasteiger partial charge in [0.1, 0.15) is 11.3 Å². The molecule has 0 aliphatic heterocycles. The molecular formula is C18H15Cl2N3O3. The van der Waals surface area contributed by atoms with Crippen molar-refractivity contribution >= 4 is 45.7 Å². The Labute approximate surface area is 159 Å². The lowest BCUT2D eigenvalue weighted by Crippen LogP contribution is -2.19. The van der Waals surface area contributed by atoms with Gasteiger partial charge in [-0.15, -0.1) is 0 Å². The molecule has 0 atom stereocenters. The topological polar surface area (TPSA) is 86.5 Å². The summed E-state index contributed by atoms with van der Waals surface area (Å²) in [5.74, 6) is 0.565. The van der Waals surface area contributed by atoms with Gasteiger partial charge in [0.05, 0.1) is 28.4 Å². The van der Waals surface area contributed by atoms with E-state index in [0.29, 0.717) is 32.4 Å². The number of hydrogen-bond donors (Lipinski definition) is 2. The smallest absolute Gasteiger partial charge is 0.254 e. The second-order valence-electron chi connectivity index (χ2n) is 5.34. The van der Waals surface area contributed by atoms with E-state index in [4.69, 9.17) is 38.4 Å². The van der Waals surface area contributed by atoms with Crippen LogP contribution in [0.1, 0.15) is 10.4 Å². The van der Waals surface area contributed by atoms with Gasteiger partial charge in [0.15, 0.2) is 11.5 Å². The van der Waals surface area contributed by atoms with E-state index < -0.39 is 0 Å².